The van der Waals surface area contributed by atoms with Crippen molar-refractivity contribution in [1.82, 2.24) is 20.2 Å². The molecule has 0 bridgehead atoms. The van der Waals surface area contributed by atoms with Gasteiger partial charge in [-0.1, -0.05) is 0 Å². The third-order valence-electron chi connectivity index (χ3n) is 2.82. The van der Waals surface area contributed by atoms with Crippen LogP contribution in [-0.4, -0.2) is 29.1 Å². The van der Waals surface area contributed by atoms with E-state index in [-0.39, 0.29) is 6.54 Å². The Balaban J connectivity index is 2.45. The second-order valence-electron chi connectivity index (χ2n) is 4.01. The predicted octanol–water partition coefficient (Wildman–Crippen LogP) is 0.294. The number of rotatable bonds is 2. The highest BCUT2D eigenvalue weighted by molar-refractivity contribution is 5.75. The molecule has 8 heteroatoms. The van der Waals surface area contributed by atoms with Gasteiger partial charge in [0.1, 0.15) is 6.54 Å². The van der Waals surface area contributed by atoms with Crippen LogP contribution >= 0.6 is 0 Å². The summed E-state index contributed by atoms with van der Waals surface area (Å²) in [4.78, 5) is 14.9. The molecule has 2 N–H and O–H groups in total. The van der Waals surface area contributed by atoms with E-state index in [1.165, 1.54) is 7.05 Å². The lowest BCUT2D eigenvalue weighted by molar-refractivity contribution is -0.147. The Bertz CT molecular complexity index is 466. The largest absolute Gasteiger partial charge is 0.449 e. The van der Waals surface area contributed by atoms with Crippen molar-refractivity contribution in [3.63, 3.8) is 0 Å². The van der Waals surface area contributed by atoms with E-state index in [1.54, 1.807) is 0 Å². The van der Waals surface area contributed by atoms with Gasteiger partial charge >= 0.3 is 6.18 Å². The molecule has 0 atom stereocenters. The summed E-state index contributed by atoms with van der Waals surface area (Å²) in [7, 11) is 1.39. The Kier molecular flexibility index (Phi) is 3.29. The molecule has 0 saturated carbocycles. The lowest BCUT2D eigenvalue weighted by Gasteiger charge is -2.16. The highest BCUT2D eigenvalue weighted by atomic mass is 19.4. The summed E-state index contributed by atoms with van der Waals surface area (Å²) < 4.78 is 39.5. The first-order valence-electron chi connectivity index (χ1n) is 5.50. The number of likely N-dealkylation sites (N-methyl/N-ethyl adjacent to an activating group) is 1. The fourth-order valence-electron chi connectivity index (χ4n) is 1.98. The van der Waals surface area contributed by atoms with Crippen molar-refractivity contribution >= 4 is 5.91 Å². The number of halogens is 3. The molecule has 1 aliphatic heterocycles. The molecule has 2 rings (SSSR count). The van der Waals surface area contributed by atoms with E-state index in [2.05, 4.69) is 15.6 Å². The van der Waals surface area contributed by atoms with Crippen LogP contribution in [0.3, 0.4) is 0 Å². The minimum Gasteiger partial charge on any atom is -0.358 e. The van der Waals surface area contributed by atoms with Crippen LogP contribution in [-0.2, 0) is 30.5 Å². The zero-order valence-electron chi connectivity index (χ0n) is 9.76. The van der Waals surface area contributed by atoms with Gasteiger partial charge in [0.15, 0.2) is 0 Å². The Morgan fingerprint density at radius 1 is 1.56 bits per heavy atom. The molecule has 1 aromatic rings. The molecule has 0 radical (unpaired) electrons. The average molecular weight is 262 g/mol. The molecular formula is C10H13F3N4O. The van der Waals surface area contributed by atoms with E-state index < -0.39 is 17.9 Å². The first kappa shape index (κ1) is 12.9. The van der Waals surface area contributed by atoms with Gasteiger partial charge in [-0.2, -0.15) is 13.2 Å². The summed E-state index contributed by atoms with van der Waals surface area (Å²) in [5, 5.41) is 5.27. The quantitative estimate of drug-likeness (QED) is 0.805. The van der Waals surface area contributed by atoms with Crippen molar-refractivity contribution in [3.8, 4) is 0 Å². The molecule has 1 aromatic heterocycles. The van der Waals surface area contributed by atoms with Crippen molar-refractivity contribution < 1.29 is 18.0 Å². The topological polar surface area (TPSA) is 59.0 Å². The first-order valence-corrected chi connectivity index (χ1v) is 5.50. The maximum Gasteiger partial charge on any atom is 0.449 e. The maximum absolute atomic E-state index is 12.9. The van der Waals surface area contributed by atoms with Crippen LogP contribution in [0.25, 0.3) is 0 Å². The summed E-state index contributed by atoms with van der Waals surface area (Å²) >= 11 is 0. The number of fused-ring (bicyclic) bond motifs is 1. The standard InChI is InChI=1S/C10H13F3N4O/c1-14-8(18)5-17-7-2-3-15-4-6(7)16-9(17)10(11,12)13/h15H,2-5H2,1H3,(H,14,18). The minimum absolute atomic E-state index is 0.305. The smallest absolute Gasteiger partial charge is 0.358 e. The van der Waals surface area contributed by atoms with Gasteiger partial charge < -0.3 is 15.2 Å². The number of carbonyl (C=O) groups is 1. The van der Waals surface area contributed by atoms with Gasteiger partial charge in [0.05, 0.1) is 5.69 Å². The summed E-state index contributed by atoms with van der Waals surface area (Å²) in [6.07, 6.45) is -4.11. The zero-order valence-corrected chi connectivity index (χ0v) is 9.76. The van der Waals surface area contributed by atoms with Gasteiger partial charge in [0, 0.05) is 32.3 Å². The molecule has 18 heavy (non-hydrogen) atoms. The van der Waals surface area contributed by atoms with Crippen LogP contribution in [0.5, 0.6) is 0 Å². The molecule has 0 unspecified atom stereocenters. The fourth-order valence-corrected chi connectivity index (χ4v) is 1.98. The highest BCUT2D eigenvalue weighted by Gasteiger charge is 2.39. The monoisotopic (exact) mass is 262 g/mol. The number of amides is 1. The van der Waals surface area contributed by atoms with Crippen molar-refractivity contribution in [3.05, 3.63) is 17.2 Å². The van der Waals surface area contributed by atoms with Crippen molar-refractivity contribution in [2.75, 3.05) is 13.6 Å². The van der Waals surface area contributed by atoms with Gasteiger partial charge in [-0.25, -0.2) is 4.98 Å². The Labute approximate surface area is 101 Å². The number of aromatic nitrogens is 2. The summed E-state index contributed by atoms with van der Waals surface area (Å²) in [6, 6.07) is 0. The Morgan fingerprint density at radius 3 is 2.89 bits per heavy atom. The molecule has 1 aliphatic rings. The van der Waals surface area contributed by atoms with Crippen LogP contribution in [0.1, 0.15) is 17.2 Å². The number of nitrogens with zero attached hydrogens (tertiary/aromatic N) is 2. The van der Waals surface area contributed by atoms with Crippen LogP contribution in [0.15, 0.2) is 0 Å². The maximum atomic E-state index is 12.9. The molecule has 0 fully saturated rings. The molecule has 5 nitrogen and oxygen atoms in total. The lowest BCUT2D eigenvalue weighted by atomic mass is 10.2. The molecule has 1 amide bonds. The SMILES string of the molecule is CNC(=O)Cn1c(C(F)(F)F)nc2c1CCNC2. The number of alkyl halides is 3. The van der Waals surface area contributed by atoms with Gasteiger partial charge in [-0.3, -0.25) is 4.79 Å². The van der Waals surface area contributed by atoms with Crippen LogP contribution in [0.4, 0.5) is 13.2 Å². The summed E-state index contributed by atoms with van der Waals surface area (Å²) in [5.74, 6) is -1.47. The Hall–Kier alpha value is -1.57. The number of nitrogens with one attached hydrogen (secondary N) is 2. The normalized spacial score (nSPS) is 15.3. The molecular weight excluding hydrogens is 249 g/mol. The second kappa shape index (κ2) is 4.60. The molecule has 0 aliphatic carbocycles. The summed E-state index contributed by atoms with van der Waals surface area (Å²) in [6.45, 7) is 0.538. The van der Waals surface area contributed by atoms with E-state index >= 15 is 0 Å². The number of hydrogen-bond acceptors (Lipinski definition) is 3. The highest BCUT2D eigenvalue weighted by Crippen LogP contribution is 2.31. The predicted molar refractivity (Wildman–Crippen MR) is 56.7 cm³/mol. The van der Waals surface area contributed by atoms with E-state index in [0.717, 1.165) is 4.57 Å². The Morgan fingerprint density at radius 2 is 2.28 bits per heavy atom. The number of hydrogen-bond donors (Lipinski definition) is 2. The minimum atomic E-state index is -4.55. The van der Waals surface area contributed by atoms with Gasteiger partial charge in [-0.05, 0) is 0 Å². The van der Waals surface area contributed by atoms with Crippen LogP contribution in [0, 0.1) is 0 Å². The van der Waals surface area contributed by atoms with Crippen molar-refractivity contribution in [2.24, 2.45) is 0 Å². The first-order chi connectivity index (χ1) is 8.43. The van der Waals surface area contributed by atoms with Crippen LogP contribution in [0.2, 0.25) is 0 Å². The molecule has 0 spiro atoms. The van der Waals surface area contributed by atoms with E-state index in [9.17, 15) is 18.0 Å². The van der Waals surface area contributed by atoms with Crippen molar-refractivity contribution in [1.29, 1.82) is 0 Å². The van der Waals surface area contributed by atoms with E-state index in [1.807, 2.05) is 0 Å². The lowest BCUT2D eigenvalue weighted by Crippen LogP contribution is -2.29. The van der Waals surface area contributed by atoms with Crippen molar-refractivity contribution in [2.45, 2.75) is 25.7 Å². The third kappa shape index (κ3) is 2.33. The zero-order chi connectivity index (χ0) is 13.3. The van der Waals surface area contributed by atoms with Gasteiger partial charge in [0.2, 0.25) is 11.7 Å². The van der Waals surface area contributed by atoms with Gasteiger partial charge in [-0.15, -0.1) is 0 Å². The second-order valence-corrected chi connectivity index (χ2v) is 4.01. The third-order valence-corrected chi connectivity index (χ3v) is 2.82. The molecule has 2 heterocycles. The number of imidazole rings is 1. The van der Waals surface area contributed by atoms with E-state index in [0.29, 0.717) is 30.9 Å². The summed E-state index contributed by atoms with van der Waals surface area (Å²) in [5.41, 5.74) is 0.863. The fraction of sp³-hybridized carbons (Fsp3) is 0.600. The molecule has 0 saturated heterocycles. The molecule has 100 valence electrons. The van der Waals surface area contributed by atoms with Crippen LogP contribution < -0.4 is 10.6 Å². The number of carbonyl (C=O) groups excluding carboxylic acids is 1. The van der Waals surface area contributed by atoms with E-state index in [4.69, 9.17) is 0 Å². The molecule has 0 aromatic carbocycles. The average Bonchev–Trinajstić information content (AvgIpc) is 2.68. The van der Waals surface area contributed by atoms with Gasteiger partial charge in [0.25, 0.3) is 0 Å².